The number of amides is 2. The zero-order valence-corrected chi connectivity index (χ0v) is 15.8. The molecule has 2 aliphatic rings. The van der Waals surface area contributed by atoms with Crippen LogP contribution in [0.25, 0.3) is 0 Å². The molecule has 2 atom stereocenters. The standard InChI is InChI=1S/C22H25N3O3/c26-21-12-19(18-8-4-5-9-20(18)24-21)22(27)23-13-17-15-25(10-11-28-17)14-16-6-2-1-3-7-16/h1-9,17,19H,10-15H2,(H,23,27)(H,24,26). The second-order valence-corrected chi connectivity index (χ2v) is 7.35. The number of hydrogen-bond acceptors (Lipinski definition) is 4. The van der Waals surface area contributed by atoms with Crippen LogP contribution < -0.4 is 10.6 Å². The molecule has 2 heterocycles. The quantitative estimate of drug-likeness (QED) is 0.835. The zero-order chi connectivity index (χ0) is 19.3. The van der Waals surface area contributed by atoms with Crippen LogP contribution in [0.2, 0.25) is 0 Å². The maximum atomic E-state index is 12.8. The highest BCUT2D eigenvalue weighted by atomic mass is 16.5. The monoisotopic (exact) mass is 379 g/mol. The number of nitrogens with zero attached hydrogens (tertiary/aromatic N) is 1. The first-order valence-electron chi connectivity index (χ1n) is 9.73. The molecule has 2 aromatic rings. The van der Waals surface area contributed by atoms with E-state index in [1.807, 2.05) is 42.5 Å². The molecule has 2 aromatic carbocycles. The smallest absolute Gasteiger partial charge is 0.228 e. The van der Waals surface area contributed by atoms with E-state index in [1.165, 1.54) is 5.56 Å². The number of hydrogen-bond donors (Lipinski definition) is 2. The van der Waals surface area contributed by atoms with Crippen molar-refractivity contribution in [2.75, 3.05) is 31.6 Å². The van der Waals surface area contributed by atoms with Gasteiger partial charge < -0.3 is 15.4 Å². The minimum atomic E-state index is -0.450. The molecule has 1 saturated heterocycles. The van der Waals surface area contributed by atoms with E-state index in [2.05, 4.69) is 27.7 Å². The Kier molecular flexibility index (Phi) is 5.69. The number of ether oxygens (including phenoxy) is 1. The van der Waals surface area contributed by atoms with E-state index < -0.39 is 5.92 Å². The summed E-state index contributed by atoms with van der Waals surface area (Å²) in [5.41, 5.74) is 2.87. The lowest BCUT2D eigenvalue weighted by molar-refractivity contribution is -0.127. The lowest BCUT2D eigenvalue weighted by Gasteiger charge is -2.33. The maximum absolute atomic E-state index is 12.8. The average Bonchev–Trinajstić information content (AvgIpc) is 2.72. The second kappa shape index (κ2) is 8.54. The summed E-state index contributed by atoms with van der Waals surface area (Å²) < 4.78 is 5.84. The Morgan fingerprint density at radius 3 is 2.79 bits per heavy atom. The molecule has 6 heteroatoms. The first kappa shape index (κ1) is 18.7. The van der Waals surface area contributed by atoms with Crippen molar-refractivity contribution in [3.8, 4) is 0 Å². The summed E-state index contributed by atoms with van der Waals surface area (Å²) in [7, 11) is 0. The Balaban J connectivity index is 1.33. The molecule has 0 bridgehead atoms. The topological polar surface area (TPSA) is 70.7 Å². The average molecular weight is 379 g/mol. The van der Waals surface area contributed by atoms with E-state index >= 15 is 0 Å². The van der Waals surface area contributed by atoms with Gasteiger partial charge in [-0.2, -0.15) is 0 Å². The fourth-order valence-electron chi connectivity index (χ4n) is 3.87. The predicted octanol–water partition coefficient (Wildman–Crippen LogP) is 2.13. The second-order valence-electron chi connectivity index (χ2n) is 7.35. The van der Waals surface area contributed by atoms with E-state index in [0.29, 0.717) is 13.2 Å². The lowest BCUT2D eigenvalue weighted by atomic mass is 9.90. The Morgan fingerprint density at radius 1 is 1.14 bits per heavy atom. The summed E-state index contributed by atoms with van der Waals surface area (Å²) >= 11 is 0. The molecule has 1 fully saturated rings. The van der Waals surface area contributed by atoms with Gasteiger partial charge in [0.1, 0.15) is 0 Å². The van der Waals surface area contributed by atoms with Gasteiger partial charge in [0.2, 0.25) is 11.8 Å². The van der Waals surface area contributed by atoms with Gasteiger partial charge in [-0.15, -0.1) is 0 Å². The van der Waals surface area contributed by atoms with Crippen LogP contribution in [0.3, 0.4) is 0 Å². The summed E-state index contributed by atoms with van der Waals surface area (Å²) in [6, 6.07) is 17.8. The molecule has 146 valence electrons. The van der Waals surface area contributed by atoms with Crippen molar-refractivity contribution in [3.63, 3.8) is 0 Å². The molecule has 6 nitrogen and oxygen atoms in total. The number of carbonyl (C=O) groups is 2. The van der Waals surface area contributed by atoms with Gasteiger partial charge in [-0.05, 0) is 17.2 Å². The molecule has 0 saturated carbocycles. The number of anilines is 1. The van der Waals surface area contributed by atoms with Gasteiger partial charge in [-0.25, -0.2) is 0 Å². The summed E-state index contributed by atoms with van der Waals surface area (Å²) in [6.07, 6.45) is 0.128. The molecular formula is C22H25N3O3. The van der Waals surface area contributed by atoms with Crippen molar-refractivity contribution in [2.24, 2.45) is 0 Å². The van der Waals surface area contributed by atoms with Gasteiger partial charge in [0.25, 0.3) is 0 Å². The highest BCUT2D eigenvalue weighted by molar-refractivity contribution is 6.01. The minimum absolute atomic E-state index is 0.0472. The molecule has 2 amide bonds. The van der Waals surface area contributed by atoms with Crippen LogP contribution in [0, 0.1) is 0 Å². The van der Waals surface area contributed by atoms with Gasteiger partial charge in [0.05, 0.1) is 18.6 Å². The molecule has 0 radical (unpaired) electrons. The minimum Gasteiger partial charge on any atom is -0.374 e. The van der Waals surface area contributed by atoms with Crippen molar-refractivity contribution >= 4 is 17.5 Å². The first-order chi connectivity index (χ1) is 13.7. The molecule has 0 aromatic heterocycles. The summed E-state index contributed by atoms with van der Waals surface area (Å²) in [5, 5.41) is 5.83. The van der Waals surface area contributed by atoms with E-state index in [4.69, 9.17) is 4.74 Å². The summed E-state index contributed by atoms with van der Waals surface area (Å²) in [4.78, 5) is 27.0. The fourth-order valence-corrected chi connectivity index (χ4v) is 3.87. The third kappa shape index (κ3) is 4.40. The van der Waals surface area contributed by atoms with Crippen LogP contribution in [-0.2, 0) is 20.9 Å². The number of rotatable bonds is 5. The first-order valence-corrected chi connectivity index (χ1v) is 9.73. The Morgan fingerprint density at radius 2 is 1.93 bits per heavy atom. The molecule has 0 aliphatic carbocycles. The Labute approximate surface area is 164 Å². The van der Waals surface area contributed by atoms with Gasteiger partial charge in [0.15, 0.2) is 0 Å². The van der Waals surface area contributed by atoms with Crippen LogP contribution in [0.1, 0.15) is 23.5 Å². The van der Waals surface area contributed by atoms with Gasteiger partial charge in [-0.3, -0.25) is 14.5 Å². The summed E-state index contributed by atoms with van der Waals surface area (Å²) in [5.74, 6) is -0.693. The third-order valence-electron chi connectivity index (χ3n) is 5.29. The van der Waals surface area contributed by atoms with E-state index in [1.54, 1.807) is 0 Å². The van der Waals surface area contributed by atoms with Gasteiger partial charge in [-0.1, -0.05) is 48.5 Å². The highest BCUT2D eigenvalue weighted by Crippen LogP contribution is 2.31. The number of morpholine rings is 1. The van der Waals surface area contributed by atoms with Crippen LogP contribution in [0.4, 0.5) is 5.69 Å². The number of para-hydroxylation sites is 1. The molecule has 2 unspecified atom stereocenters. The number of fused-ring (bicyclic) bond motifs is 1. The highest BCUT2D eigenvalue weighted by Gasteiger charge is 2.31. The number of nitrogens with one attached hydrogen (secondary N) is 2. The molecule has 2 N–H and O–H groups in total. The van der Waals surface area contributed by atoms with E-state index in [0.717, 1.165) is 30.9 Å². The van der Waals surface area contributed by atoms with Crippen LogP contribution in [-0.4, -0.2) is 49.1 Å². The molecular weight excluding hydrogens is 354 g/mol. The molecule has 0 spiro atoms. The normalized spacial score (nSPS) is 22.2. The third-order valence-corrected chi connectivity index (χ3v) is 5.29. The molecule has 4 rings (SSSR count). The van der Waals surface area contributed by atoms with E-state index in [-0.39, 0.29) is 24.3 Å². The van der Waals surface area contributed by atoms with Crippen molar-refractivity contribution in [1.82, 2.24) is 10.2 Å². The van der Waals surface area contributed by atoms with E-state index in [9.17, 15) is 9.59 Å². The summed E-state index contributed by atoms with van der Waals surface area (Å²) in [6.45, 7) is 3.64. The van der Waals surface area contributed by atoms with Crippen LogP contribution >= 0.6 is 0 Å². The van der Waals surface area contributed by atoms with Gasteiger partial charge >= 0.3 is 0 Å². The Bertz CT molecular complexity index is 840. The lowest BCUT2D eigenvalue weighted by Crippen LogP contribution is -2.48. The van der Waals surface area contributed by atoms with Crippen molar-refractivity contribution in [3.05, 3.63) is 65.7 Å². The molecule has 2 aliphatic heterocycles. The van der Waals surface area contributed by atoms with Crippen molar-refractivity contribution < 1.29 is 14.3 Å². The SMILES string of the molecule is O=C1CC(C(=O)NCC2CN(Cc3ccccc3)CCO2)c2ccccc2N1. The van der Waals surface area contributed by atoms with Crippen molar-refractivity contribution in [1.29, 1.82) is 0 Å². The number of carbonyl (C=O) groups excluding carboxylic acids is 2. The number of benzene rings is 2. The van der Waals surface area contributed by atoms with Crippen molar-refractivity contribution in [2.45, 2.75) is 25.0 Å². The largest absolute Gasteiger partial charge is 0.374 e. The Hall–Kier alpha value is -2.70. The fraction of sp³-hybridized carbons (Fsp3) is 0.364. The zero-order valence-electron chi connectivity index (χ0n) is 15.8. The van der Waals surface area contributed by atoms with Gasteiger partial charge in [0, 0.05) is 38.3 Å². The van der Waals surface area contributed by atoms with Crippen LogP contribution in [0.15, 0.2) is 54.6 Å². The van der Waals surface area contributed by atoms with Crippen LogP contribution in [0.5, 0.6) is 0 Å². The molecule has 28 heavy (non-hydrogen) atoms. The predicted molar refractivity (Wildman–Crippen MR) is 107 cm³/mol. The maximum Gasteiger partial charge on any atom is 0.228 e.